The summed E-state index contributed by atoms with van der Waals surface area (Å²) in [5.41, 5.74) is -5.53. The molecule has 0 unspecified atom stereocenters. The number of hydrogen-bond donors (Lipinski definition) is 1. The first kappa shape index (κ1) is 12.3. The van der Waals surface area contributed by atoms with E-state index in [2.05, 4.69) is 0 Å². The van der Waals surface area contributed by atoms with Crippen LogP contribution in [0.25, 0.3) is 0 Å². The third-order valence-electron chi connectivity index (χ3n) is 0.292. The molecular weight excluding hydrogens is 356 g/mol. The summed E-state index contributed by atoms with van der Waals surface area (Å²) in [4.78, 5) is 0. The third kappa shape index (κ3) is 4.08. The molecule has 3 nitrogen and oxygen atoms in total. The van der Waals surface area contributed by atoms with Gasteiger partial charge in [0.15, 0.2) is 0 Å². The Labute approximate surface area is 69.1 Å². The van der Waals surface area contributed by atoms with Crippen molar-refractivity contribution < 1.29 is 26.1 Å². The predicted octanol–water partition coefficient (Wildman–Crippen LogP) is 0.0132. The molecule has 0 amide bonds. The van der Waals surface area contributed by atoms with Gasteiger partial charge < -0.3 is 0 Å². The van der Waals surface area contributed by atoms with Gasteiger partial charge in [-0.25, -0.2) is 0 Å². The van der Waals surface area contributed by atoms with Gasteiger partial charge in [-0.3, -0.25) is 4.55 Å². The van der Waals surface area contributed by atoms with Crippen molar-refractivity contribution in [3.05, 3.63) is 0 Å². The van der Waals surface area contributed by atoms with Gasteiger partial charge >= 0.3 is 42.9 Å². The van der Waals surface area contributed by atoms with E-state index in [1.54, 1.807) is 0 Å². The number of rotatable bonds is 0. The van der Waals surface area contributed by atoms with E-state index in [4.69, 9.17) is 13.0 Å². The maximum atomic E-state index is 10.7. The molecule has 0 aliphatic carbocycles. The Morgan fingerprint density at radius 2 is 1.33 bits per heavy atom. The zero-order valence-corrected chi connectivity index (χ0v) is 8.51. The zero-order valence-electron chi connectivity index (χ0n) is 3.81. The minimum Gasteiger partial charge on any atom is -0.279 e. The van der Waals surface area contributed by atoms with Crippen LogP contribution < -0.4 is 0 Å². The molecule has 0 radical (unpaired) electrons. The van der Waals surface area contributed by atoms with E-state index in [0.717, 1.165) is 0 Å². The van der Waals surface area contributed by atoms with E-state index in [1.807, 2.05) is 0 Å². The molecule has 0 fully saturated rings. The molecule has 0 bridgehead atoms. The summed E-state index contributed by atoms with van der Waals surface area (Å²) in [6.07, 6.45) is 0. The van der Waals surface area contributed by atoms with Gasteiger partial charge in [-0.2, -0.15) is 21.6 Å². The first-order valence-corrected chi connectivity index (χ1v) is 2.73. The summed E-state index contributed by atoms with van der Waals surface area (Å²) >= 11 is 0. The average molecular weight is 357 g/mol. The molecule has 0 rings (SSSR count). The van der Waals surface area contributed by atoms with Crippen LogP contribution in [0.5, 0.6) is 0 Å². The van der Waals surface area contributed by atoms with Gasteiger partial charge in [-0.1, -0.05) is 0 Å². The quantitative estimate of drug-likeness (QED) is 0.378. The zero-order chi connectivity index (χ0) is 7.00. The minimum atomic E-state index is -5.84. The Kier molecular flexibility index (Phi) is 4.30. The molecule has 9 heavy (non-hydrogen) atoms. The molecule has 0 aromatic rings. The van der Waals surface area contributed by atoms with E-state index in [-0.39, 0.29) is 27.3 Å². The van der Waals surface area contributed by atoms with Crippen LogP contribution in [-0.4, -0.2) is 45.8 Å². The van der Waals surface area contributed by atoms with Crippen LogP contribution in [0, 0.1) is 0 Å². The van der Waals surface area contributed by atoms with Crippen LogP contribution in [0.4, 0.5) is 13.2 Å². The van der Waals surface area contributed by atoms with Crippen LogP contribution in [0.2, 0.25) is 0 Å². The Hall–Kier alpha value is 0.622. The van der Waals surface area contributed by atoms with Gasteiger partial charge in [0, 0.05) is 0 Å². The fourth-order valence-electron chi connectivity index (χ4n) is 0. The van der Waals surface area contributed by atoms with Crippen molar-refractivity contribution in [2.75, 3.05) is 0 Å². The molecule has 0 atom stereocenters. The van der Waals surface area contributed by atoms with Gasteiger partial charge in [-0.05, 0) is 0 Å². The van der Waals surface area contributed by atoms with Crippen LogP contribution in [0.3, 0.4) is 0 Å². The summed E-state index contributed by atoms with van der Waals surface area (Å²) in [7, 11) is -5.84. The molecule has 1 N–H and O–H groups in total. The molecule has 0 heterocycles. The first-order valence-electron chi connectivity index (χ1n) is 1.29. The number of halogens is 3. The fraction of sp³-hybridized carbons (Fsp3) is 1.00. The van der Waals surface area contributed by atoms with Crippen molar-refractivity contribution in [1.82, 2.24) is 0 Å². The van der Waals surface area contributed by atoms with Crippen molar-refractivity contribution in [3.8, 4) is 0 Å². The number of hydrogen-bond acceptors (Lipinski definition) is 2. The molecule has 50 valence electrons. The Bertz CT molecular complexity index is 168. The molecule has 0 aliphatic heterocycles. The van der Waals surface area contributed by atoms with Gasteiger partial charge in [0.1, 0.15) is 0 Å². The smallest absolute Gasteiger partial charge is 0.279 e. The third-order valence-corrected chi connectivity index (χ3v) is 0.877. The van der Waals surface area contributed by atoms with Gasteiger partial charge in [0.05, 0.1) is 0 Å². The molecule has 0 saturated heterocycles. The minimum absolute atomic E-state index is 0. The van der Waals surface area contributed by atoms with Gasteiger partial charge in [-0.15, -0.1) is 0 Å². The summed E-state index contributed by atoms with van der Waals surface area (Å²) < 4.78 is 57.5. The van der Waals surface area contributed by atoms with Crippen LogP contribution >= 0.6 is 0 Å². The van der Waals surface area contributed by atoms with Gasteiger partial charge in [0.25, 0.3) is 0 Å². The Morgan fingerprint density at radius 3 is 1.33 bits per heavy atom. The average Bonchev–Trinajstić information content (AvgIpc) is 1.25. The summed E-state index contributed by atoms with van der Waals surface area (Å²) in [5, 5.41) is 0. The van der Waals surface area contributed by atoms with E-state index < -0.39 is 15.6 Å². The predicted molar refractivity (Wildman–Crippen MR) is 23.4 cm³/mol. The normalized spacial score (nSPS) is 12.4. The standard InChI is InChI=1S/CHF3O3S.Pb/c2-1(3,4)8(5,6)7;/h(H,5,6,7);/q;+4. The van der Waals surface area contributed by atoms with E-state index in [1.165, 1.54) is 0 Å². The molecule has 0 aromatic carbocycles. The van der Waals surface area contributed by atoms with Crippen LogP contribution in [-0.2, 0) is 10.1 Å². The second-order valence-electron chi connectivity index (χ2n) is 0.921. The molecular formula is CHF3O3PbS+4. The van der Waals surface area contributed by atoms with Crippen molar-refractivity contribution >= 4 is 37.4 Å². The monoisotopic (exact) mass is 358 g/mol. The van der Waals surface area contributed by atoms with Crippen molar-refractivity contribution in [2.45, 2.75) is 5.51 Å². The Morgan fingerprint density at radius 1 is 1.22 bits per heavy atom. The Balaban J connectivity index is 0. The van der Waals surface area contributed by atoms with Crippen molar-refractivity contribution in [3.63, 3.8) is 0 Å². The van der Waals surface area contributed by atoms with Crippen LogP contribution in [0.1, 0.15) is 0 Å². The number of alkyl halides is 3. The van der Waals surface area contributed by atoms with Gasteiger partial charge in [0.2, 0.25) is 0 Å². The van der Waals surface area contributed by atoms with E-state index in [9.17, 15) is 13.2 Å². The fourth-order valence-corrected chi connectivity index (χ4v) is 0. The topological polar surface area (TPSA) is 54.4 Å². The van der Waals surface area contributed by atoms with Crippen molar-refractivity contribution in [2.24, 2.45) is 0 Å². The SMILES string of the molecule is O=S(=O)(O)C(F)(F)F.[Pb+4]. The largest absolute Gasteiger partial charge is 4.00 e. The van der Waals surface area contributed by atoms with Crippen LogP contribution in [0.15, 0.2) is 0 Å². The summed E-state index contributed by atoms with van der Waals surface area (Å²) in [6, 6.07) is 0. The molecule has 0 aromatic heterocycles. The maximum absolute atomic E-state index is 10.7. The molecule has 0 saturated carbocycles. The summed E-state index contributed by atoms with van der Waals surface area (Å²) in [6.45, 7) is 0. The maximum Gasteiger partial charge on any atom is 4.00 e. The molecule has 0 aliphatic rings. The molecule has 0 spiro atoms. The van der Waals surface area contributed by atoms with Crippen molar-refractivity contribution in [1.29, 1.82) is 0 Å². The molecule has 8 heteroatoms. The second kappa shape index (κ2) is 3.14. The van der Waals surface area contributed by atoms with E-state index in [0.29, 0.717) is 0 Å². The van der Waals surface area contributed by atoms with E-state index >= 15 is 0 Å². The first-order chi connectivity index (χ1) is 3.25. The second-order valence-corrected chi connectivity index (χ2v) is 2.33. The summed E-state index contributed by atoms with van der Waals surface area (Å²) in [5.74, 6) is 0.